The maximum absolute atomic E-state index is 13.1. The molecular weight excluding hydrogens is 187 g/mol. The minimum absolute atomic E-state index is 0.307. The number of alkyl halides is 1. The van der Waals surface area contributed by atoms with E-state index in [9.17, 15) is 9.18 Å². The van der Waals surface area contributed by atoms with Crippen molar-refractivity contribution in [1.82, 2.24) is 4.98 Å². The lowest BCUT2D eigenvalue weighted by molar-refractivity contribution is -0.134. The van der Waals surface area contributed by atoms with Crippen LogP contribution in [0.5, 0.6) is 5.75 Å². The molecule has 0 saturated carbocycles. The SMILES string of the molecule is CCN1C(=O)C(F)Oc2cccnc21. The molecule has 1 amide bonds. The van der Waals surface area contributed by atoms with Crippen LogP contribution in [0.2, 0.25) is 0 Å². The third-order valence-electron chi connectivity index (χ3n) is 2.01. The van der Waals surface area contributed by atoms with Gasteiger partial charge in [0.1, 0.15) is 0 Å². The van der Waals surface area contributed by atoms with E-state index in [1.165, 1.54) is 11.1 Å². The van der Waals surface area contributed by atoms with Crippen LogP contribution >= 0.6 is 0 Å². The van der Waals surface area contributed by atoms with Crippen LogP contribution < -0.4 is 9.64 Å². The van der Waals surface area contributed by atoms with Crippen molar-refractivity contribution in [3.63, 3.8) is 0 Å². The van der Waals surface area contributed by atoms with E-state index in [4.69, 9.17) is 4.74 Å². The second kappa shape index (κ2) is 3.25. The monoisotopic (exact) mass is 196 g/mol. The standard InChI is InChI=1S/C9H9FN2O2/c1-2-12-8-6(4-3-5-11-8)14-7(10)9(12)13/h3-5,7H,2H2,1H3. The highest BCUT2D eigenvalue weighted by Gasteiger charge is 2.34. The highest BCUT2D eigenvalue weighted by Crippen LogP contribution is 2.31. The maximum Gasteiger partial charge on any atom is 0.317 e. The Morgan fingerprint density at radius 2 is 2.50 bits per heavy atom. The van der Waals surface area contributed by atoms with Crippen LogP contribution in [0.4, 0.5) is 10.2 Å². The van der Waals surface area contributed by atoms with E-state index in [2.05, 4.69) is 4.98 Å². The number of hydrogen-bond donors (Lipinski definition) is 0. The van der Waals surface area contributed by atoms with Crippen molar-refractivity contribution in [2.75, 3.05) is 11.4 Å². The number of amides is 1. The van der Waals surface area contributed by atoms with Gasteiger partial charge in [-0.2, -0.15) is 4.39 Å². The zero-order chi connectivity index (χ0) is 10.1. The molecule has 14 heavy (non-hydrogen) atoms. The lowest BCUT2D eigenvalue weighted by atomic mass is 10.3. The number of nitrogens with zero attached hydrogens (tertiary/aromatic N) is 2. The van der Waals surface area contributed by atoms with Gasteiger partial charge in [0.05, 0.1) is 0 Å². The summed E-state index contributed by atoms with van der Waals surface area (Å²) in [7, 11) is 0. The fourth-order valence-electron chi connectivity index (χ4n) is 1.37. The summed E-state index contributed by atoms with van der Waals surface area (Å²) in [5, 5.41) is 0. The van der Waals surface area contributed by atoms with Crippen molar-refractivity contribution in [3.8, 4) is 5.75 Å². The Bertz CT molecular complexity index is 370. The molecule has 0 radical (unpaired) electrons. The number of fused-ring (bicyclic) bond motifs is 1. The molecular formula is C9H9FN2O2. The van der Waals surface area contributed by atoms with Crippen molar-refractivity contribution in [2.45, 2.75) is 13.3 Å². The quantitative estimate of drug-likeness (QED) is 0.676. The van der Waals surface area contributed by atoms with Gasteiger partial charge in [-0.3, -0.25) is 9.69 Å². The van der Waals surface area contributed by atoms with E-state index in [1.54, 1.807) is 19.1 Å². The Kier molecular flexibility index (Phi) is 2.07. The lowest BCUT2D eigenvalue weighted by Crippen LogP contribution is -2.44. The number of carbonyl (C=O) groups excluding carboxylic acids is 1. The Labute approximate surface area is 80.3 Å². The number of likely N-dealkylation sites (N-methyl/N-ethyl adjacent to an activating group) is 1. The zero-order valence-corrected chi connectivity index (χ0v) is 7.61. The molecule has 0 aliphatic carbocycles. The van der Waals surface area contributed by atoms with Crippen LogP contribution in [0.25, 0.3) is 0 Å². The highest BCUT2D eigenvalue weighted by molar-refractivity contribution is 5.97. The molecule has 2 heterocycles. The smallest absolute Gasteiger partial charge is 0.317 e. The number of ether oxygens (including phenoxy) is 1. The first kappa shape index (κ1) is 8.93. The number of aromatic nitrogens is 1. The number of pyridine rings is 1. The molecule has 1 atom stereocenters. The molecule has 1 unspecified atom stereocenters. The molecule has 2 rings (SSSR count). The summed E-state index contributed by atoms with van der Waals surface area (Å²) < 4.78 is 17.8. The first-order valence-corrected chi connectivity index (χ1v) is 4.31. The molecule has 0 saturated heterocycles. The highest BCUT2D eigenvalue weighted by atomic mass is 19.1. The van der Waals surface area contributed by atoms with Gasteiger partial charge in [0.2, 0.25) is 0 Å². The first-order valence-electron chi connectivity index (χ1n) is 4.31. The van der Waals surface area contributed by atoms with Crippen LogP contribution in [-0.4, -0.2) is 23.8 Å². The van der Waals surface area contributed by atoms with Crippen LogP contribution in [0.1, 0.15) is 6.92 Å². The van der Waals surface area contributed by atoms with Crippen LogP contribution in [0, 0.1) is 0 Å². The average molecular weight is 196 g/mol. The molecule has 0 bridgehead atoms. The van der Waals surface area contributed by atoms with Crippen molar-refractivity contribution < 1.29 is 13.9 Å². The van der Waals surface area contributed by atoms with Crippen LogP contribution in [-0.2, 0) is 4.79 Å². The van der Waals surface area contributed by atoms with E-state index in [0.717, 1.165) is 0 Å². The topological polar surface area (TPSA) is 42.4 Å². The summed E-state index contributed by atoms with van der Waals surface area (Å²) in [5.41, 5.74) is 0. The maximum atomic E-state index is 13.1. The summed E-state index contributed by atoms with van der Waals surface area (Å²) in [6, 6.07) is 3.22. The summed E-state index contributed by atoms with van der Waals surface area (Å²) in [5.74, 6) is -0.00551. The van der Waals surface area contributed by atoms with Gasteiger partial charge in [-0.1, -0.05) is 0 Å². The van der Waals surface area contributed by atoms with E-state index >= 15 is 0 Å². The third-order valence-corrected chi connectivity index (χ3v) is 2.01. The van der Waals surface area contributed by atoms with E-state index in [0.29, 0.717) is 18.1 Å². The fraction of sp³-hybridized carbons (Fsp3) is 0.333. The minimum atomic E-state index is -1.91. The summed E-state index contributed by atoms with van der Waals surface area (Å²) in [4.78, 5) is 16.5. The molecule has 5 heteroatoms. The predicted molar refractivity (Wildman–Crippen MR) is 47.8 cm³/mol. The predicted octanol–water partition coefficient (Wildman–Crippen LogP) is 1.12. The van der Waals surface area contributed by atoms with E-state index < -0.39 is 12.3 Å². The normalized spacial score (nSPS) is 20.3. The van der Waals surface area contributed by atoms with Gasteiger partial charge in [-0.05, 0) is 19.1 Å². The van der Waals surface area contributed by atoms with Gasteiger partial charge in [0.15, 0.2) is 11.6 Å². The van der Waals surface area contributed by atoms with Gasteiger partial charge in [-0.25, -0.2) is 4.98 Å². The molecule has 1 aromatic heterocycles. The molecule has 4 nitrogen and oxygen atoms in total. The fourth-order valence-corrected chi connectivity index (χ4v) is 1.37. The van der Waals surface area contributed by atoms with Crippen LogP contribution in [0.15, 0.2) is 18.3 Å². The second-order valence-electron chi connectivity index (χ2n) is 2.84. The van der Waals surface area contributed by atoms with Crippen molar-refractivity contribution in [1.29, 1.82) is 0 Å². The van der Waals surface area contributed by atoms with Crippen molar-refractivity contribution >= 4 is 11.7 Å². The van der Waals surface area contributed by atoms with Crippen molar-refractivity contribution in [3.05, 3.63) is 18.3 Å². The summed E-state index contributed by atoms with van der Waals surface area (Å²) in [6.07, 6.45) is -0.372. The van der Waals surface area contributed by atoms with E-state index in [1.807, 2.05) is 0 Å². The molecule has 0 N–H and O–H groups in total. The van der Waals surface area contributed by atoms with Gasteiger partial charge >= 0.3 is 12.3 Å². The third kappa shape index (κ3) is 1.21. The molecule has 1 aliphatic rings. The molecule has 0 spiro atoms. The zero-order valence-electron chi connectivity index (χ0n) is 7.61. The molecule has 0 aromatic carbocycles. The van der Waals surface area contributed by atoms with Crippen LogP contribution in [0.3, 0.4) is 0 Å². The second-order valence-corrected chi connectivity index (χ2v) is 2.84. The number of rotatable bonds is 1. The average Bonchev–Trinajstić information content (AvgIpc) is 2.20. The lowest BCUT2D eigenvalue weighted by Gasteiger charge is -2.28. The molecule has 74 valence electrons. The number of hydrogen-bond acceptors (Lipinski definition) is 3. The van der Waals surface area contributed by atoms with Gasteiger partial charge in [-0.15, -0.1) is 0 Å². The number of anilines is 1. The minimum Gasteiger partial charge on any atom is -0.448 e. The first-order chi connectivity index (χ1) is 6.74. The van der Waals surface area contributed by atoms with Crippen molar-refractivity contribution in [2.24, 2.45) is 0 Å². The molecule has 1 aromatic rings. The van der Waals surface area contributed by atoms with Gasteiger partial charge in [0.25, 0.3) is 0 Å². The molecule has 0 fully saturated rings. The van der Waals surface area contributed by atoms with E-state index in [-0.39, 0.29) is 0 Å². The number of halogens is 1. The Morgan fingerprint density at radius 1 is 1.71 bits per heavy atom. The summed E-state index contributed by atoms with van der Waals surface area (Å²) in [6.45, 7) is 2.14. The van der Waals surface area contributed by atoms with Gasteiger partial charge in [0, 0.05) is 12.7 Å². The summed E-state index contributed by atoms with van der Waals surface area (Å²) >= 11 is 0. The number of carbonyl (C=O) groups is 1. The van der Waals surface area contributed by atoms with Gasteiger partial charge < -0.3 is 4.74 Å². The largest absolute Gasteiger partial charge is 0.448 e. The molecule has 1 aliphatic heterocycles. The Morgan fingerprint density at radius 3 is 3.21 bits per heavy atom. The Hall–Kier alpha value is -1.65. The Balaban J connectivity index is 2.47.